The maximum atomic E-state index is 13.4. The van der Waals surface area contributed by atoms with Gasteiger partial charge in [0.15, 0.2) is 0 Å². The summed E-state index contributed by atoms with van der Waals surface area (Å²) in [6.07, 6.45) is 0.300. The van der Waals surface area contributed by atoms with Gasteiger partial charge in [-0.25, -0.2) is 4.39 Å². The Kier molecular flexibility index (Phi) is 7.23. The van der Waals surface area contributed by atoms with Crippen LogP contribution < -0.4 is 10.2 Å². The Bertz CT molecular complexity index is 1300. The molecule has 3 aromatic rings. The Morgan fingerprint density at radius 1 is 1.00 bits per heavy atom. The second-order valence-electron chi connectivity index (χ2n) is 7.34. The van der Waals surface area contributed by atoms with Crippen LogP contribution in [0.3, 0.4) is 0 Å². The van der Waals surface area contributed by atoms with E-state index in [0.29, 0.717) is 27.8 Å². The van der Waals surface area contributed by atoms with Gasteiger partial charge in [0.1, 0.15) is 22.5 Å². The highest BCUT2D eigenvalue weighted by Crippen LogP contribution is 2.42. The van der Waals surface area contributed by atoms with Crippen molar-refractivity contribution in [3.8, 4) is 6.07 Å². The molecule has 170 valence electrons. The molecular formula is C25H16Cl2FN3O2S. The highest BCUT2D eigenvalue weighted by atomic mass is 35.5. The Balaban J connectivity index is 1.71. The fraction of sp³-hybridized carbons (Fsp3) is 0.0800. The molecule has 0 radical (unpaired) electrons. The lowest BCUT2D eigenvalue weighted by molar-refractivity contribution is -0.117. The van der Waals surface area contributed by atoms with Crippen LogP contribution in [-0.4, -0.2) is 17.1 Å². The van der Waals surface area contributed by atoms with Crippen LogP contribution in [0.15, 0.2) is 83.4 Å². The van der Waals surface area contributed by atoms with Crippen LogP contribution in [0.4, 0.5) is 15.8 Å². The van der Waals surface area contributed by atoms with Crippen molar-refractivity contribution in [2.45, 2.75) is 11.7 Å². The van der Waals surface area contributed by atoms with Gasteiger partial charge in [-0.05, 0) is 72.6 Å². The molecule has 0 spiro atoms. The number of rotatable bonds is 5. The van der Waals surface area contributed by atoms with Gasteiger partial charge in [0.05, 0.1) is 5.25 Å². The van der Waals surface area contributed by atoms with Crippen LogP contribution in [0.2, 0.25) is 10.0 Å². The number of benzene rings is 3. The van der Waals surface area contributed by atoms with Crippen molar-refractivity contribution in [2.24, 2.45) is 0 Å². The molecule has 2 amide bonds. The van der Waals surface area contributed by atoms with Crippen molar-refractivity contribution in [2.75, 3.05) is 10.2 Å². The van der Waals surface area contributed by atoms with Gasteiger partial charge >= 0.3 is 0 Å². The molecule has 0 aromatic heterocycles. The first-order chi connectivity index (χ1) is 16.4. The first kappa shape index (κ1) is 23.8. The maximum Gasteiger partial charge on any atom is 0.269 e. The normalized spacial score (nSPS) is 16.8. The van der Waals surface area contributed by atoms with Crippen molar-refractivity contribution in [1.29, 1.82) is 5.26 Å². The van der Waals surface area contributed by atoms with Crippen LogP contribution in [0.5, 0.6) is 0 Å². The molecule has 0 bridgehead atoms. The molecule has 4 rings (SSSR count). The molecule has 0 unspecified atom stereocenters. The average molecular weight is 512 g/mol. The van der Waals surface area contributed by atoms with E-state index < -0.39 is 11.2 Å². The lowest BCUT2D eigenvalue weighted by atomic mass is 10.1. The molecule has 34 heavy (non-hydrogen) atoms. The molecule has 1 aliphatic rings. The molecule has 0 aliphatic carbocycles. The first-order valence-corrected chi connectivity index (χ1v) is 11.7. The Labute approximate surface area is 209 Å². The molecule has 1 N–H and O–H groups in total. The van der Waals surface area contributed by atoms with Crippen molar-refractivity contribution < 1.29 is 14.0 Å². The van der Waals surface area contributed by atoms with E-state index in [1.807, 2.05) is 6.07 Å². The van der Waals surface area contributed by atoms with Gasteiger partial charge in [0, 0.05) is 21.4 Å². The van der Waals surface area contributed by atoms with E-state index in [-0.39, 0.29) is 22.3 Å². The highest BCUT2D eigenvalue weighted by Gasteiger charge is 2.40. The minimum Gasteiger partial charge on any atom is -0.321 e. The number of amides is 2. The maximum absolute atomic E-state index is 13.4. The van der Waals surface area contributed by atoms with Crippen LogP contribution in [-0.2, 0) is 16.0 Å². The number of nitrogens with one attached hydrogen (secondary N) is 1. The number of halogens is 3. The zero-order valence-electron chi connectivity index (χ0n) is 17.5. The number of anilines is 2. The summed E-state index contributed by atoms with van der Waals surface area (Å²) < 4.78 is 13.3. The summed E-state index contributed by atoms with van der Waals surface area (Å²) in [7, 11) is 0. The van der Waals surface area contributed by atoms with E-state index in [0.717, 1.165) is 17.3 Å². The zero-order valence-corrected chi connectivity index (χ0v) is 19.8. The van der Waals surface area contributed by atoms with Crippen molar-refractivity contribution in [3.63, 3.8) is 0 Å². The minimum absolute atomic E-state index is 0.204. The van der Waals surface area contributed by atoms with Gasteiger partial charge in [0.2, 0.25) is 5.91 Å². The van der Waals surface area contributed by atoms with E-state index in [2.05, 4.69) is 5.32 Å². The quantitative estimate of drug-likeness (QED) is 0.327. The minimum atomic E-state index is -0.651. The van der Waals surface area contributed by atoms with Crippen molar-refractivity contribution in [1.82, 2.24) is 0 Å². The molecule has 1 fully saturated rings. The monoisotopic (exact) mass is 511 g/mol. The molecule has 9 heteroatoms. The van der Waals surface area contributed by atoms with E-state index >= 15 is 0 Å². The van der Waals surface area contributed by atoms with E-state index in [9.17, 15) is 19.2 Å². The highest BCUT2D eigenvalue weighted by molar-refractivity contribution is 8.05. The van der Waals surface area contributed by atoms with E-state index in [1.165, 1.54) is 17.0 Å². The predicted octanol–water partition coefficient (Wildman–Crippen LogP) is 6.20. The summed E-state index contributed by atoms with van der Waals surface area (Å²) in [5, 5.41) is 13.1. The number of nitriles is 1. The number of hydrogen-bond acceptors (Lipinski definition) is 4. The fourth-order valence-electron chi connectivity index (χ4n) is 3.37. The van der Waals surface area contributed by atoms with Gasteiger partial charge in [0.25, 0.3) is 5.91 Å². The third kappa shape index (κ3) is 5.26. The van der Waals surface area contributed by atoms with E-state index in [1.54, 1.807) is 60.7 Å². The Morgan fingerprint density at radius 3 is 2.18 bits per heavy atom. The van der Waals surface area contributed by atoms with Crippen LogP contribution in [0, 0.1) is 17.1 Å². The molecule has 1 atom stereocenters. The SMILES string of the molecule is N#C/C(C(=O)Nc1ccc(Cl)cc1)=C1/S[C@@H](Cc2ccc(F)cc2)C(=O)N1c1ccc(Cl)cc1. The van der Waals surface area contributed by atoms with Gasteiger partial charge in [-0.2, -0.15) is 5.26 Å². The Hall–Kier alpha value is -3.31. The zero-order chi connectivity index (χ0) is 24.2. The number of carbonyl (C=O) groups excluding carboxylic acids is 2. The summed E-state index contributed by atoms with van der Waals surface area (Å²) >= 11 is 13.0. The summed E-state index contributed by atoms with van der Waals surface area (Å²) in [5.74, 6) is -1.32. The standard InChI is InChI=1S/C25H16Cl2FN3O2S/c26-16-3-9-19(10-4-16)30-23(32)21(14-29)25-31(20-11-5-17(27)6-12-20)24(33)22(34-25)13-15-1-7-18(28)8-2-15/h1-12,22H,13H2,(H,30,32)/b25-21-/t22-/m0/s1. The predicted molar refractivity (Wildman–Crippen MR) is 133 cm³/mol. The molecule has 0 saturated carbocycles. The number of thioether (sulfide) groups is 1. The molecule has 3 aromatic carbocycles. The van der Waals surface area contributed by atoms with Gasteiger partial charge in [-0.3, -0.25) is 14.5 Å². The summed E-state index contributed by atoms with van der Waals surface area (Å²) in [4.78, 5) is 27.8. The second kappa shape index (κ2) is 10.3. The topological polar surface area (TPSA) is 73.2 Å². The number of carbonyl (C=O) groups is 2. The van der Waals surface area contributed by atoms with Crippen LogP contribution in [0.1, 0.15) is 5.56 Å². The lowest BCUT2D eigenvalue weighted by Gasteiger charge is -2.19. The van der Waals surface area contributed by atoms with Gasteiger partial charge in [-0.1, -0.05) is 47.1 Å². The molecule has 1 saturated heterocycles. The van der Waals surface area contributed by atoms with Crippen LogP contribution >= 0.6 is 35.0 Å². The van der Waals surface area contributed by atoms with Crippen molar-refractivity contribution >= 4 is 58.2 Å². The third-order valence-corrected chi connectivity index (χ3v) is 6.79. The van der Waals surface area contributed by atoms with Crippen LogP contribution in [0.25, 0.3) is 0 Å². The average Bonchev–Trinajstić information content (AvgIpc) is 3.13. The summed E-state index contributed by atoms with van der Waals surface area (Å²) in [5.41, 5.74) is 1.49. The fourth-order valence-corrected chi connectivity index (χ4v) is 4.93. The summed E-state index contributed by atoms with van der Waals surface area (Å²) in [6.45, 7) is 0. The van der Waals surface area contributed by atoms with E-state index in [4.69, 9.17) is 23.2 Å². The summed E-state index contributed by atoms with van der Waals surface area (Å²) in [6, 6.07) is 20.8. The number of nitrogens with zero attached hydrogens (tertiary/aromatic N) is 2. The molecule has 5 nitrogen and oxygen atoms in total. The van der Waals surface area contributed by atoms with Gasteiger partial charge < -0.3 is 5.32 Å². The molecular weight excluding hydrogens is 496 g/mol. The second-order valence-corrected chi connectivity index (χ2v) is 9.40. The van der Waals surface area contributed by atoms with Crippen molar-refractivity contribution in [3.05, 3.63) is 105 Å². The lowest BCUT2D eigenvalue weighted by Crippen LogP contribution is -2.30. The molecule has 1 heterocycles. The third-order valence-electron chi connectivity index (χ3n) is 5.03. The Morgan fingerprint density at radius 2 is 1.59 bits per heavy atom. The largest absolute Gasteiger partial charge is 0.321 e. The molecule has 1 aliphatic heterocycles. The number of hydrogen-bond donors (Lipinski definition) is 1. The van der Waals surface area contributed by atoms with Gasteiger partial charge in [-0.15, -0.1) is 0 Å². The smallest absolute Gasteiger partial charge is 0.269 e. The first-order valence-electron chi connectivity index (χ1n) is 10.1.